The third-order valence-corrected chi connectivity index (χ3v) is 4.43. The SMILES string of the molecule is COc1ccc(Nc2cc(C)nn2C2CCCCC2)cc1OC. The zero-order chi connectivity index (χ0) is 16.2. The van der Waals surface area contributed by atoms with Gasteiger partial charge in [-0.05, 0) is 31.9 Å². The highest BCUT2D eigenvalue weighted by atomic mass is 16.5. The first kappa shape index (κ1) is 15.7. The molecule has 1 N–H and O–H groups in total. The maximum atomic E-state index is 5.38. The number of aryl methyl sites for hydroxylation is 1. The molecule has 0 spiro atoms. The number of anilines is 2. The van der Waals surface area contributed by atoms with Crippen LogP contribution >= 0.6 is 0 Å². The van der Waals surface area contributed by atoms with E-state index in [1.54, 1.807) is 14.2 Å². The van der Waals surface area contributed by atoms with Crippen molar-refractivity contribution < 1.29 is 9.47 Å². The highest BCUT2D eigenvalue weighted by Crippen LogP contribution is 2.34. The molecule has 1 aliphatic rings. The van der Waals surface area contributed by atoms with Crippen LogP contribution in [0.2, 0.25) is 0 Å². The van der Waals surface area contributed by atoms with Crippen LogP contribution in [-0.4, -0.2) is 24.0 Å². The molecule has 23 heavy (non-hydrogen) atoms. The fourth-order valence-electron chi connectivity index (χ4n) is 3.28. The Morgan fingerprint density at radius 2 is 1.78 bits per heavy atom. The summed E-state index contributed by atoms with van der Waals surface area (Å²) in [6.07, 6.45) is 6.34. The van der Waals surface area contributed by atoms with Gasteiger partial charge in [-0.3, -0.25) is 0 Å². The van der Waals surface area contributed by atoms with Crippen LogP contribution in [-0.2, 0) is 0 Å². The van der Waals surface area contributed by atoms with Gasteiger partial charge < -0.3 is 14.8 Å². The topological polar surface area (TPSA) is 48.3 Å². The quantitative estimate of drug-likeness (QED) is 0.885. The van der Waals surface area contributed by atoms with Crippen molar-refractivity contribution >= 4 is 11.5 Å². The highest BCUT2D eigenvalue weighted by Gasteiger charge is 2.19. The summed E-state index contributed by atoms with van der Waals surface area (Å²) in [5.74, 6) is 2.49. The van der Waals surface area contributed by atoms with Crippen LogP contribution in [0.25, 0.3) is 0 Å². The van der Waals surface area contributed by atoms with Gasteiger partial charge in [0.2, 0.25) is 0 Å². The lowest BCUT2D eigenvalue weighted by atomic mass is 9.96. The largest absolute Gasteiger partial charge is 0.493 e. The summed E-state index contributed by atoms with van der Waals surface area (Å²) in [5, 5.41) is 8.19. The summed E-state index contributed by atoms with van der Waals surface area (Å²) >= 11 is 0. The third kappa shape index (κ3) is 3.44. The van der Waals surface area contributed by atoms with Crippen LogP contribution in [0.15, 0.2) is 24.3 Å². The zero-order valence-electron chi connectivity index (χ0n) is 14.1. The molecule has 1 saturated carbocycles. The fraction of sp³-hybridized carbons (Fsp3) is 0.500. The van der Waals surface area contributed by atoms with Crippen LogP contribution in [0.3, 0.4) is 0 Å². The molecule has 0 bridgehead atoms. The number of ether oxygens (including phenoxy) is 2. The van der Waals surface area contributed by atoms with Gasteiger partial charge in [0.1, 0.15) is 5.82 Å². The molecular formula is C18H25N3O2. The molecule has 5 heteroatoms. The van der Waals surface area contributed by atoms with Crippen LogP contribution in [0.4, 0.5) is 11.5 Å². The molecule has 1 fully saturated rings. The Morgan fingerprint density at radius 1 is 1.04 bits per heavy atom. The minimum absolute atomic E-state index is 0.500. The van der Waals surface area contributed by atoms with Gasteiger partial charge in [0.25, 0.3) is 0 Å². The lowest BCUT2D eigenvalue weighted by molar-refractivity contribution is 0.332. The van der Waals surface area contributed by atoms with Gasteiger partial charge in [-0.25, -0.2) is 4.68 Å². The molecule has 2 aromatic rings. The number of hydrogen-bond acceptors (Lipinski definition) is 4. The van der Waals surface area contributed by atoms with Gasteiger partial charge in [0.05, 0.1) is 26.0 Å². The molecule has 5 nitrogen and oxygen atoms in total. The van der Waals surface area contributed by atoms with E-state index in [0.29, 0.717) is 6.04 Å². The van der Waals surface area contributed by atoms with Crippen molar-refractivity contribution in [2.45, 2.75) is 45.1 Å². The van der Waals surface area contributed by atoms with Crippen molar-refractivity contribution in [3.05, 3.63) is 30.0 Å². The zero-order valence-corrected chi connectivity index (χ0v) is 14.1. The summed E-state index contributed by atoms with van der Waals surface area (Å²) in [7, 11) is 3.30. The number of nitrogens with zero attached hydrogens (tertiary/aromatic N) is 2. The molecule has 0 unspecified atom stereocenters. The Balaban J connectivity index is 1.85. The number of aromatic nitrogens is 2. The van der Waals surface area contributed by atoms with Gasteiger partial charge >= 0.3 is 0 Å². The first-order chi connectivity index (χ1) is 11.2. The maximum absolute atomic E-state index is 5.38. The van der Waals surface area contributed by atoms with Crippen LogP contribution < -0.4 is 14.8 Å². The van der Waals surface area contributed by atoms with E-state index < -0.39 is 0 Å². The molecule has 124 valence electrons. The van der Waals surface area contributed by atoms with Crippen molar-refractivity contribution in [2.75, 3.05) is 19.5 Å². The van der Waals surface area contributed by atoms with Crippen LogP contribution in [0, 0.1) is 6.92 Å². The maximum Gasteiger partial charge on any atom is 0.162 e. The molecule has 1 aromatic heterocycles. The second kappa shape index (κ2) is 6.94. The fourth-order valence-corrected chi connectivity index (χ4v) is 3.28. The average Bonchev–Trinajstić information content (AvgIpc) is 2.96. The van der Waals surface area contributed by atoms with Crippen molar-refractivity contribution in [3.8, 4) is 11.5 Å². The van der Waals surface area contributed by atoms with E-state index in [-0.39, 0.29) is 0 Å². The first-order valence-electron chi connectivity index (χ1n) is 8.26. The summed E-state index contributed by atoms with van der Waals surface area (Å²) in [5.41, 5.74) is 2.01. The van der Waals surface area contributed by atoms with Crippen LogP contribution in [0.5, 0.6) is 11.5 Å². The lowest BCUT2D eigenvalue weighted by Crippen LogP contribution is -2.16. The standard InChI is InChI=1S/C18H25N3O2/c1-13-11-18(21(20-13)15-7-5-4-6-8-15)19-14-9-10-16(22-2)17(12-14)23-3/h9-12,15,19H,4-8H2,1-3H3. The summed E-state index contributed by atoms with van der Waals surface area (Å²) in [6.45, 7) is 2.04. The van der Waals surface area contributed by atoms with Crippen molar-refractivity contribution in [1.82, 2.24) is 9.78 Å². The number of rotatable bonds is 5. The molecule has 1 heterocycles. The van der Waals surface area contributed by atoms with Gasteiger partial charge in [-0.1, -0.05) is 19.3 Å². The molecule has 3 rings (SSSR count). The van der Waals surface area contributed by atoms with Gasteiger partial charge in [0, 0.05) is 17.8 Å². The number of nitrogens with one attached hydrogen (secondary N) is 1. The molecule has 0 saturated heterocycles. The second-order valence-electron chi connectivity index (χ2n) is 6.10. The third-order valence-electron chi connectivity index (χ3n) is 4.43. The Bertz CT molecular complexity index is 660. The Morgan fingerprint density at radius 3 is 2.48 bits per heavy atom. The summed E-state index contributed by atoms with van der Waals surface area (Å²) in [4.78, 5) is 0. The van der Waals surface area contributed by atoms with Crippen molar-refractivity contribution in [1.29, 1.82) is 0 Å². The predicted molar refractivity (Wildman–Crippen MR) is 91.9 cm³/mol. The van der Waals surface area contributed by atoms with E-state index in [1.165, 1.54) is 32.1 Å². The Kier molecular flexibility index (Phi) is 4.74. The van der Waals surface area contributed by atoms with E-state index in [2.05, 4.69) is 16.1 Å². The molecule has 0 amide bonds. The van der Waals surface area contributed by atoms with Gasteiger partial charge in [0.15, 0.2) is 11.5 Å². The van der Waals surface area contributed by atoms with Crippen molar-refractivity contribution in [2.24, 2.45) is 0 Å². The molecular weight excluding hydrogens is 290 g/mol. The Hall–Kier alpha value is -2.17. The van der Waals surface area contributed by atoms with Crippen LogP contribution in [0.1, 0.15) is 43.8 Å². The number of hydrogen-bond donors (Lipinski definition) is 1. The monoisotopic (exact) mass is 315 g/mol. The van der Waals surface area contributed by atoms with Crippen molar-refractivity contribution in [3.63, 3.8) is 0 Å². The normalized spacial score (nSPS) is 15.4. The smallest absolute Gasteiger partial charge is 0.162 e. The molecule has 0 radical (unpaired) electrons. The van der Waals surface area contributed by atoms with Gasteiger partial charge in [-0.15, -0.1) is 0 Å². The minimum atomic E-state index is 0.500. The van der Waals surface area contributed by atoms with E-state index >= 15 is 0 Å². The second-order valence-corrected chi connectivity index (χ2v) is 6.10. The molecule has 0 atom stereocenters. The summed E-state index contributed by atoms with van der Waals surface area (Å²) in [6, 6.07) is 8.46. The van der Waals surface area contributed by atoms with E-state index in [4.69, 9.17) is 14.6 Å². The average molecular weight is 315 g/mol. The minimum Gasteiger partial charge on any atom is -0.493 e. The predicted octanol–water partition coefficient (Wildman–Crippen LogP) is 4.46. The van der Waals surface area contributed by atoms with Gasteiger partial charge in [-0.2, -0.15) is 5.10 Å². The number of methoxy groups -OCH3 is 2. The summed E-state index contributed by atoms with van der Waals surface area (Å²) < 4.78 is 12.8. The highest BCUT2D eigenvalue weighted by molar-refractivity contribution is 5.62. The van der Waals surface area contributed by atoms with E-state index in [1.807, 2.05) is 25.1 Å². The molecule has 0 aliphatic heterocycles. The molecule has 1 aliphatic carbocycles. The van der Waals surface area contributed by atoms with E-state index in [0.717, 1.165) is 28.7 Å². The first-order valence-corrected chi connectivity index (χ1v) is 8.26. The van der Waals surface area contributed by atoms with E-state index in [9.17, 15) is 0 Å². The Labute approximate surface area is 137 Å². The number of benzene rings is 1. The lowest BCUT2D eigenvalue weighted by Gasteiger charge is -2.24. The molecule has 1 aromatic carbocycles.